The van der Waals surface area contributed by atoms with Crippen LogP contribution in [0.5, 0.6) is 0 Å². The van der Waals surface area contributed by atoms with E-state index in [-0.39, 0.29) is 16.5 Å². The number of nitrogens with one attached hydrogen (secondary N) is 1. The quantitative estimate of drug-likeness (QED) is 0.674. The molecule has 0 radical (unpaired) electrons. The number of fused-ring (bicyclic) bond motifs is 1. The molecule has 1 aromatic rings. The van der Waals surface area contributed by atoms with E-state index in [1.807, 2.05) is 0 Å². The second kappa shape index (κ2) is 4.18. The van der Waals surface area contributed by atoms with Crippen LogP contribution in [0.4, 0.5) is 5.69 Å². The Morgan fingerprint density at radius 1 is 1.56 bits per heavy atom. The van der Waals surface area contributed by atoms with E-state index in [1.165, 1.54) is 0 Å². The van der Waals surface area contributed by atoms with Gasteiger partial charge in [-0.05, 0) is 24.6 Å². The fraction of sp³-hybridized carbons (Fsp3) is 0.273. The maximum absolute atomic E-state index is 11.8. The highest BCUT2D eigenvalue weighted by molar-refractivity contribution is 9.10. The van der Waals surface area contributed by atoms with Crippen molar-refractivity contribution in [3.8, 4) is 0 Å². The summed E-state index contributed by atoms with van der Waals surface area (Å²) in [4.78, 5) is 22.7. The van der Waals surface area contributed by atoms with Crippen LogP contribution in [-0.4, -0.2) is 16.5 Å². The molecule has 0 bridgehead atoms. The van der Waals surface area contributed by atoms with Crippen LogP contribution in [0.1, 0.15) is 22.8 Å². The largest absolute Gasteiger partial charge is 0.325 e. The van der Waals surface area contributed by atoms with E-state index in [2.05, 4.69) is 21.2 Å². The number of Topliss-reactive ketones (excluding diaryl/α,β-unsaturated/α-hetero) is 1. The first-order valence-electron chi connectivity index (χ1n) is 4.79. The van der Waals surface area contributed by atoms with Crippen molar-refractivity contribution in [2.45, 2.75) is 18.2 Å². The third-order valence-corrected chi connectivity index (χ3v) is 3.17. The van der Waals surface area contributed by atoms with Crippen molar-refractivity contribution in [2.24, 2.45) is 0 Å². The van der Waals surface area contributed by atoms with Crippen molar-refractivity contribution in [2.75, 3.05) is 5.32 Å². The minimum absolute atomic E-state index is 0.0671. The first-order chi connectivity index (χ1) is 7.49. The average Bonchev–Trinajstić information content (AvgIpc) is 2.54. The van der Waals surface area contributed by atoms with Crippen molar-refractivity contribution in [3.05, 3.63) is 28.3 Å². The molecular weight excluding hydrogens is 293 g/mol. The molecule has 1 heterocycles. The zero-order valence-corrected chi connectivity index (χ0v) is 10.9. The molecule has 1 aliphatic rings. The van der Waals surface area contributed by atoms with E-state index in [1.54, 1.807) is 19.1 Å². The Morgan fingerprint density at radius 3 is 2.88 bits per heavy atom. The number of halogens is 2. The van der Waals surface area contributed by atoms with Crippen LogP contribution in [0.15, 0.2) is 12.1 Å². The third-order valence-electron chi connectivity index (χ3n) is 2.44. The lowest BCUT2D eigenvalue weighted by molar-refractivity contribution is -0.115. The number of carbonyl (C=O) groups is 2. The number of amides is 1. The first-order valence-corrected chi connectivity index (χ1v) is 6.09. The van der Waals surface area contributed by atoms with Gasteiger partial charge in [-0.25, -0.2) is 0 Å². The molecule has 3 nitrogen and oxygen atoms in total. The molecule has 0 saturated carbocycles. The lowest BCUT2D eigenvalue weighted by Crippen LogP contribution is -2.10. The van der Waals surface area contributed by atoms with Gasteiger partial charge in [-0.15, -0.1) is 0 Å². The highest BCUT2D eigenvalue weighted by Gasteiger charge is 2.23. The Bertz CT molecular complexity index is 485. The normalized spacial score (nSPS) is 15.6. The number of anilines is 1. The summed E-state index contributed by atoms with van der Waals surface area (Å²) in [5, 5.41) is 3.06. The van der Waals surface area contributed by atoms with Gasteiger partial charge in [0.2, 0.25) is 5.91 Å². The van der Waals surface area contributed by atoms with Crippen molar-refractivity contribution in [1.29, 1.82) is 0 Å². The number of hydrogen-bond donors (Lipinski definition) is 1. The van der Waals surface area contributed by atoms with Crippen LogP contribution < -0.4 is 5.32 Å². The summed E-state index contributed by atoms with van der Waals surface area (Å²) in [6, 6.07) is 3.32. The van der Waals surface area contributed by atoms with E-state index in [9.17, 15) is 9.59 Å². The second-order valence-electron chi connectivity index (χ2n) is 3.69. The molecule has 1 aromatic carbocycles. The summed E-state index contributed by atoms with van der Waals surface area (Å²) >= 11 is 9.21. The Balaban J connectivity index is 2.46. The monoisotopic (exact) mass is 301 g/mol. The first kappa shape index (κ1) is 11.6. The smallest absolute Gasteiger partial charge is 0.228 e. The van der Waals surface area contributed by atoms with Gasteiger partial charge in [-0.2, -0.15) is 0 Å². The van der Waals surface area contributed by atoms with Crippen LogP contribution >= 0.6 is 27.5 Å². The molecule has 0 spiro atoms. The number of ketones is 1. The number of benzene rings is 1. The van der Waals surface area contributed by atoms with E-state index < -0.39 is 0 Å². The molecule has 0 saturated heterocycles. The molecule has 84 valence electrons. The zero-order chi connectivity index (χ0) is 11.9. The predicted octanol–water partition coefficient (Wildman–Crippen LogP) is 2.80. The van der Waals surface area contributed by atoms with E-state index in [0.29, 0.717) is 22.7 Å². The number of hydrogen-bond acceptors (Lipinski definition) is 2. The molecule has 5 heteroatoms. The molecule has 0 aromatic heterocycles. The second-order valence-corrected chi connectivity index (χ2v) is 5.48. The predicted molar refractivity (Wildman–Crippen MR) is 66.5 cm³/mol. The molecule has 0 aliphatic carbocycles. The van der Waals surface area contributed by atoms with Crippen molar-refractivity contribution >= 4 is 44.9 Å². The fourth-order valence-electron chi connectivity index (χ4n) is 1.65. The summed E-state index contributed by atoms with van der Waals surface area (Å²) in [5.41, 5.74) is 1.99. The highest BCUT2D eigenvalue weighted by atomic mass is 79.9. The van der Waals surface area contributed by atoms with Crippen LogP contribution in [0, 0.1) is 0 Å². The third kappa shape index (κ3) is 1.99. The maximum atomic E-state index is 11.8. The Kier molecular flexibility index (Phi) is 3.04. The lowest BCUT2D eigenvalue weighted by atomic mass is 10.0. The Morgan fingerprint density at radius 2 is 2.25 bits per heavy atom. The van der Waals surface area contributed by atoms with Crippen molar-refractivity contribution in [1.82, 2.24) is 0 Å². The maximum Gasteiger partial charge on any atom is 0.228 e. The summed E-state index contributed by atoms with van der Waals surface area (Å²) in [6.45, 7) is 1.75. The van der Waals surface area contributed by atoms with Crippen LogP contribution in [0.2, 0.25) is 5.02 Å². The van der Waals surface area contributed by atoms with Gasteiger partial charge < -0.3 is 5.32 Å². The minimum atomic E-state index is -0.284. The van der Waals surface area contributed by atoms with Gasteiger partial charge in [0.1, 0.15) is 0 Å². The summed E-state index contributed by atoms with van der Waals surface area (Å²) in [5.74, 6) is -0.144. The van der Waals surface area contributed by atoms with E-state index in [0.717, 1.165) is 5.56 Å². The standard InChI is InChI=1S/C11H9BrClNO2/c1-5(12)11(16)7-2-6-3-10(15)14-9(6)4-8(7)13/h2,4-5H,3H2,1H3,(H,14,15). The molecule has 16 heavy (non-hydrogen) atoms. The van der Waals surface area contributed by atoms with Crippen molar-refractivity contribution in [3.63, 3.8) is 0 Å². The van der Waals surface area contributed by atoms with Gasteiger partial charge in [-0.1, -0.05) is 27.5 Å². The van der Waals surface area contributed by atoms with Crippen LogP contribution in [0.3, 0.4) is 0 Å². The SMILES string of the molecule is CC(Br)C(=O)c1cc2c(cc1Cl)NC(=O)C2. The molecule has 1 atom stereocenters. The van der Waals surface area contributed by atoms with Crippen LogP contribution in [0.25, 0.3) is 0 Å². The number of rotatable bonds is 2. The van der Waals surface area contributed by atoms with Gasteiger partial charge in [0.15, 0.2) is 5.78 Å². The van der Waals surface area contributed by atoms with Gasteiger partial charge in [0.25, 0.3) is 0 Å². The fourth-order valence-corrected chi connectivity index (χ4v) is 2.15. The summed E-state index contributed by atoms with van der Waals surface area (Å²) in [7, 11) is 0. The van der Waals surface area contributed by atoms with Gasteiger partial charge >= 0.3 is 0 Å². The molecule has 1 N–H and O–H groups in total. The summed E-state index contributed by atoms with van der Waals surface area (Å²) in [6.07, 6.45) is 0.309. The average molecular weight is 303 g/mol. The topological polar surface area (TPSA) is 46.2 Å². The van der Waals surface area contributed by atoms with Gasteiger partial charge in [-0.3, -0.25) is 9.59 Å². The number of carbonyl (C=O) groups excluding carboxylic acids is 2. The van der Waals surface area contributed by atoms with E-state index in [4.69, 9.17) is 11.6 Å². The molecular formula is C11H9BrClNO2. The lowest BCUT2D eigenvalue weighted by Gasteiger charge is -2.07. The van der Waals surface area contributed by atoms with Crippen LogP contribution in [-0.2, 0) is 11.2 Å². The zero-order valence-electron chi connectivity index (χ0n) is 8.51. The Hall–Kier alpha value is -0.870. The minimum Gasteiger partial charge on any atom is -0.325 e. The van der Waals surface area contributed by atoms with E-state index >= 15 is 0 Å². The van der Waals surface area contributed by atoms with Crippen molar-refractivity contribution < 1.29 is 9.59 Å². The molecule has 2 rings (SSSR count). The van der Waals surface area contributed by atoms with Gasteiger partial charge in [0.05, 0.1) is 16.3 Å². The highest BCUT2D eigenvalue weighted by Crippen LogP contribution is 2.30. The van der Waals surface area contributed by atoms with Gasteiger partial charge in [0, 0.05) is 11.3 Å². The molecule has 1 amide bonds. The molecule has 1 unspecified atom stereocenters. The molecule has 1 aliphatic heterocycles. The Labute approximate surface area is 106 Å². The summed E-state index contributed by atoms with van der Waals surface area (Å²) < 4.78 is 0. The molecule has 0 fully saturated rings. The number of alkyl halides is 1.